The lowest BCUT2D eigenvalue weighted by atomic mass is 9.96. The van der Waals surface area contributed by atoms with E-state index in [1.807, 2.05) is 4.90 Å². The molecule has 5 nitrogen and oxygen atoms in total. The Balaban J connectivity index is 1.40. The predicted octanol–water partition coefficient (Wildman–Crippen LogP) is 2.81. The Kier molecular flexibility index (Phi) is 6.32. The number of carbonyl (C=O) groups is 1. The molecular formula is C20H31N3O2. The van der Waals surface area contributed by atoms with E-state index in [-0.39, 0.29) is 6.09 Å². The van der Waals surface area contributed by atoms with E-state index in [1.54, 1.807) is 0 Å². The molecule has 2 saturated heterocycles. The van der Waals surface area contributed by atoms with Crippen LogP contribution in [-0.2, 0) is 11.3 Å². The minimum atomic E-state index is -0.148. The van der Waals surface area contributed by atoms with Crippen LogP contribution in [0, 0.1) is 0 Å². The molecule has 0 aliphatic carbocycles. The van der Waals surface area contributed by atoms with Crippen LogP contribution in [0.1, 0.15) is 31.7 Å². The molecule has 138 valence electrons. The second-order valence-corrected chi connectivity index (χ2v) is 7.42. The van der Waals surface area contributed by atoms with Crippen molar-refractivity contribution in [3.05, 3.63) is 35.9 Å². The molecule has 1 amide bonds. The number of amides is 1. The maximum atomic E-state index is 11.5. The van der Waals surface area contributed by atoms with Crippen LogP contribution in [-0.4, -0.2) is 72.7 Å². The first-order chi connectivity index (χ1) is 12.1. The monoisotopic (exact) mass is 345 g/mol. The molecule has 3 rings (SSSR count). The first-order valence-corrected chi connectivity index (χ1v) is 9.53. The topological polar surface area (TPSA) is 36.0 Å². The first-order valence-electron chi connectivity index (χ1n) is 9.53. The summed E-state index contributed by atoms with van der Waals surface area (Å²) in [5.74, 6) is 0. The third-order valence-corrected chi connectivity index (χ3v) is 5.62. The van der Waals surface area contributed by atoms with Gasteiger partial charge < -0.3 is 14.5 Å². The normalized spacial score (nSPS) is 24.8. The van der Waals surface area contributed by atoms with Crippen molar-refractivity contribution in [1.29, 1.82) is 0 Å². The summed E-state index contributed by atoms with van der Waals surface area (Å²) < 4.78 is 4.98. The van der Waals surface area contributed by atoms with Crippen LogP contribution in [0.2, 0.25) is 0 Å². The van der Waals surface area contributed by atoms with Crippen molar-refractivity contribution in [3.8, 4) is 0 Å². The number of rotatable bonds is 7. The second kappa shape index (κ2) is 8.68. The molecule has 0 N–H and O–H groups in total. The molecule has 2 fully saturated rings. The number of ether oxygens (including phenoxy) is 1. The van der Waals surface area contributed by atoms with Crippen LogP contribution in [0.3, 0.4) is 0 Å². The van der Waals surface area contributed by atoms with Gasteiger partial charge in [-0.1, -0.05) is 30.3 Å². The summed E-state index contributed by atoms with van der Waals surface area (Å²) in [7, 11) is 2.23. The lowest BCUT2D eigenvalue weighted by Gasteiger charge is -2.41. The molecule has 0 saturated carbocycles. The molecule has 0 spiro atoms. The number of benzene rings is 1. The molecule has 2 heterocycles. The number of piperidine rings is 1. The van der Waals surface area contributed by atoms with Gasteiger partial charge in [-0.3, -0.25) is 4.90 Å². The van der Waals surface area contributed by atoms with Crippen LogP contribution in [0.4, 0.5) is 4.79 Å². The van der Waals surface area contributed by atoms with E-state index in [9.17, 15) is 4.79 Å². The van der Waals surface area contributed by atoms with Crippen molar-refractivity contribution in [3.63, 3.8) is 0 Å². The predicted molar refractivity (Wildman–Crippen MR) is 99.5 cm³/mol. The number of nitrogens with zero attached hydrogens (tertiary/aromatic N) is 3. The van der Waals surface area contributed by atoms with Gasteiger partial charge in [-0.25, -0.2) is 4.79 Å². The highest BCUT2D eigenvalue weighted by Crippen LogP contribution is 2.23. The van der Waals surface area contributed by atoms with E-state index in [4.69, 9.17) is 4.74 Å². The Morgan fingerprint density at radius 1 is 1.24 bits per heavy atom. The lowest BCUT2D eigenvalue weighted by molar-refractivity contribution is 0.0788. The van der Waals surface area contributed by atoms with E-state index in [0.717, 1.165) is 39.1 Å². The molecule has 1 aromatic carbocycles. The van der Waals surface area contributed by atoms with Gasteiger partial charge in [-0.2, -0.15) is 0 Å². The smallest absolute Gasteiger partial charge is 0.409 e. The maximum Gasteiger partial charge on any atom is 0.409 e. The van der Waals surface area contributed by atoms with Crippen molar-refractivity contribution in [2.45, 2.75) is 44.8 Å². The molecule has 1 aromatic rings. The van der Waals surface area contributed by atoms with E-state index in [0.29, 0.717) is 18.7 Å². The largest absolute Gasteiger partial charge is 0.448 e. The van der Waals surface area contributed by atoms with Gasteiger partial charge in [0, 0.05) is 31.7 Å². The third kappa shape index (κ3) is 4.95. The van der Waals surface area contributed by atoms with Crippen molar-refractivity contribution in [1.82, 2.24) is 14.7 Å². The van der Waals surface area contributed by atoms with E-state index >= 15 is 0 Å². The van der Waals surface area contributed by atoms with Gasteiger partial charge in [-0.15, -0.1) is 0 Å². The van der Waals surface area contributed by atoms with Crippen molar-refractivity contribution >= 4 is 6.09 Å². The zero-order valence-electron chi connectivity index (χ0n) is 15.6. The van der Waals surface area contributed by atoms with Crippen molar-refractivity contribution < 1.29 is 9.53 Å². The number of likely N-dealkylation sites (tertiary alicyclic amines) is 1. The highest BCUT2D eigenvalue weighted by molar-refractivity contribution is 5.69. The summed E-state index contributed by atoms with van der Waals surface area (Å²) >= 11 is 0. The van der Waals surface area contributed by atoms with Crippen molar-refractivity contribution in [2.75, 3.05) is 39.8 Å². The fraction of sp³-hybridized carbons (Fsp3) is 0.650. The van der Waals surface area contributed by atoms with E-state index < -0.39 is 0 Å². The zero-order valence-corrected chi connectivity index (χ0v) is 15.6. The molecular weight excluding hydrogens is 314 g/mol. The number of hydrogen-bond acceptors (Lipinski definition) is 4. The highest BCUT2D eigenvalue weighted by atomic mass is 16.6. The van der Waals surface area contributed by atoms with Gasteiger partial charge in [0.25, 0.3) is 0 Å². The number of hydrogen-bond donors (Lipinski definition) is 0. The highest BCUT2D eigenvalue weighted by Gasteiger charge is 2.28. The molecule has 2 atom stereocenters. The molecule has 0 aromatic heterocycles. The summed E-state index contributed by atoms with van der Waals surface area (Å²) in [6, 6.07) is 12.0. The van der Waals surface area contributed by atoms with E-state index in [1.165, 1.54) is 18.4 Å². The Labute approximate surface area is 151 Å². The standard InChI is InChI=1S/C20H31N3O2/c1-17-15-19(9-12-23(17)16-18-7-4-3-5-8-18)21(2)10-6-11-22-13-14-25-20(22)24/h3-5,7-8,17,19H,6,9-16H2,1-2H3/t17-,19+/m0/s1. The van der Waals surface area contributed by atoms with Gasteiger partial charge in [0.15, 0.2) is 0 Å². The summed E-state index contributed by atoms with van der Waals surface area (Å²) in [5, 5.41) is 0. The molecule has 0 unspecified atom stereocenters. The van der Waals surface area contributed by atoms with Crippen LogP contribution < -0.4 is 0 Å². The zero-order chi connectivity index (χ0) is 17.6. The maximum absolute atomic E-state index is 11.5. The van der Waals surface area contributed by atoms with Gasteiger partial charge in [0.2, 0.25) is 0 Å². The van der Waals surface area contributed by atoms with Crippen molar-refractivity contribution in [2.24, 2.45) is 0 Å². The minimum absolute atomic E-state index is 0.148. The Hall–Kier alpha value is -1.59. The van der Waals surface area contributed by atoms with Gasteiger partial charge in [0.1, 0.15) is 6.61 Å². The van der Waals surface area contributed by atoms with Crippen LogP contribution in [0.15, 0.2) is 30.3 Å². The molecule has 2 aliphatic heterocycles. The average Bonchev–Trinajstić information content (AvgIpc) is 3.02. The summed E-state index contributed by atoms with van der Waals surface area (Å²) in [6.45, 7) is 7.71. The fourth-order valence-electron chi connectivity index (χ4n) is 3.97. The lowest BCUT2D eigenvalue weighted by Crippen LogP contribution is -2.48. The molecule has 25 heavy (non-hydrogen) atoms. The second-order valence-electron chi connectivity index (χ2n) is 7.42. The molecule has 0 radical (unpaired) electrons. The number of cyclic esters (lactones) is 1. The summed E-state index contributed by atoms with van der Waals surface area (Å²) in [5.41, 5.74) is 1.40. The van der Waals surface area contributed by atoms with Crippen LogP contribution >= 0.6 is 0 Å². The molecule has 0 bridgehead atoms. The quantitative estimate of drug-likeness (QED) is 0.761. The summed E-state index contributed by atoms with van der Waals surface area (Å²) in [4.78, 5) is 18.4. The molecule has 5 heteroatoms. The Morgan fingerprint density at radius 2 is 2.04 bits per heavy atom. The first kappa shape index (κ1) is 18.2. The van der Waals surface area contributed by atoms with Crippen LogP contribution in [0.25, 0.3) is 0 Å². The Bertz CT molecular complexity index is 551. The Morgan fingerprint density at radius 3 is 2.72 bits per heavy atom. The SMILES string of the molecule is C[C@H]1C[C@H](N(C)CCCN2CCOC2=O)CCN1Cc1ccccc1. The van der Waals surface area contributed by atoms with Gasteiger partial charge >= 0.3 is 6.09 Å². The fourth-order valence-corrected chi connectivity index (χ4v) is 3.97. The minimum Gasteiger partial charge on any atom is -0.448 e. The van der Waals surface area contributed by atoms with Gasteiger partial charge in [-0.05, 0) is 45.3 Å². The van der Waals surface area contributed by atoms with E-state index in [2.05, 4.69) is 54.1 Å². The summed E-state index contributed by atoms with van der Waals surface area (Å²) in [6.07, 6.45) is 3.31. The van der Waals surface area contributed by atoms with Gasteiger partial charge in [0.05, 0.1) is 6.54 Å². The average molecular weight is 345 g/mol. The van der Waals surface area contributed by atoms with Crippen LogP contribution in [0.5, 0.6) is 0 Å². The number of carbonyl (C=O) groups excluding carboxylic acids is 1. The molecule has 2 aliphatic rings. The third-order valence-electron chi connectivity index (χ3n) is 5.62.